The molecular weight excluding hydrogens is 406 g/mol. The quantitative estimate of drug-likeness (QED) is 0.774. The fourth-order valence-electron chi connectivity index (χ4n) is 4.70. The minimum absolute atomic E-state index is 0.0794. The maximum atomic E-state index is 13.1. The summed E-state index contributed by atoms with van der Waals surface area (Å²) in [5.41, 5.74) is 0.617. The summed E-state index contributed by atoms with van der Waals surface area (Å²) in [5.74, 6) is -0.130. The predicted octanol–water partition coefficient (Wildman–Crippen LogP) is 1.53. The molecule has 0 aliphatic carbocycles. The molecule has 2 aliphatic rings. The number of sulfonamides is 1. The van der Waals surface area contributed by atoms with Crippen LogP contribution >= 0.6 is 0 Å². The van der Waals surface area contributed by atoms with Crippen LogP contribution in [0.2, 0.25) is 0 Å². The van der Waals surface area contributed by atoms with E-state index in [9.17, 15) is 18.0 Å². The molecule has 2 aromatic rings. The molecule has 2 aliphatic heterocycles. The van der Waals surface area contributed by atoms with Gasteiger partial charge >= 0.3 is 0 Å². The van der Waals surface area contributed by atoms with Gasteiger partial charge < -0.3 is 10.1 Å². The molecule has 30 heavy (non-hydrogen) atoms. The second-order valence-electron chi connectivity index (χ2n) is 7.92. The van der Waals surface area contributed by atoms with Crippen molar-refractivity contribution in [2.75, 3.05) is 13.4 Å². The number of ether oxygens (including phenoxy) is 1. The fourth-order valence-corrected chi connectivity index (χ4v) is 6.17. The number of methoxy groups -OCH3 is 1. The van der Waals surface area contributed by atoms with E-state index in [1.165, 1.54) is 30.2 Å². The van der Waals surface area contributed by atoms with Crippen molar-refractivity contribution < 1.29 is 17.9 Å². The molecule has 1 N–H and O–H groups in total. The van der Waals surface area contributed by atoms with Crippen LogP contribution in [0.5, 0.6) is 5.75 Å². The van der Waals surface area contributed by atoms with Crippen LogP contribution in [0, 0.1) is 0 Å². The van der Waals surface area contributed by atoms with Gasteiger partial charge in [-0.3, -0.25) is 14.2 Å². The first-order chi connectivity index (χ1) is 14.3. The van der Waals surface area contributed by atoms with Gasteiger partial charge in [-0.1, -0.05) is 18.2 Å². The molecule has 1 aromatic heterocycles. The number of benzene rings is 1. The van der Waals surface area contributed by atoms with Gasteiger partial charge in [-0.05, 0) is 37.8 Å². The highest BCUT2D eigenvalue weighted by Crippen LogP contribution is 2.37. The van der Waals surface area contributed by atoms with Crippen molar-refractivity contribution >= 4 is 15.9 Å². The van der Waals surface area contributed by atoms with Crippen molar-refractivity contribution in [1.82, 2.24) is 14.2 Å². The molecule has 1 aromatic carbocycles. The van der Waals surface area contributed by atoms with Crippen molar-refractivity contribution in [1.29, 1.82) is 0 Å². The lowest BCUT2D eigenvalue weighted by atomic mass is 9.99. The van der Waals surface area contributed by atoms with Crippen LogP contribution in [0.1, 0.15) is 36.0 Å². The summed E-state index contributed by atoms with van der Waals surface area (Å²) in [6.45, 7) is 0. The molecule has 0 spiro atoms. The van der Waals surface area contributed by atoms with Crippen LogP contribution in [0.25, 0.3) is 5.69 Å². The zero-order chi connectivity index (χ0) is 21.5. The summed E-state index contributed by atoms with van der Waals surface area (Å²) in [5, 5.41) is 3.03. The average molecular weight is 432 g/mol. The summed E-state index contributed by atoms with van der Waals surface area (Å²) in [4.78, 5) is 25.5. The number of hydrogen-bond acceptors (Lipinski definition) is 5. The van der Waals surface area contributed by atoms with Gasteiger partial charge in [0.2, 0.25) is 10.0 Å². The number of para-hydroxylation sites is 1. The topological polar surface area (TPSA) is 97.7 Å². The Labute approximate surface area is 175 Å². The number of piperidine rings is 1. The van der Waals surface area contributed by atoms with Gasteiger partial charge in [-0.25, -0.2) is 8.42 Å². The summed E-state index contributed by atoms with van der Waals surface area (Å²) >= 11 is 0. The molecule has 2 saturated heterocycles. The number of amides is 1. The van der Waals surface area contributed by atoms with Gasteiger partial charge in [-0.2, -0.15) is 4.31 Å². The third-order valence-electron chi connectivity index (χ3n) is 5.90. The molecule has 2 unspecified atom stereocenters. The van der Waals surface area contributed by atoms with E-state index in [0.29, 0.717) is 18.5 Å². The number of nitrogens with one attached hydrogen (secondary N) is 1. The van der Waals surface area contributed by atoms with Crippen molar-refractivity contribution in [3.63, 3.8) is 0 Å². The zero-order valence-electron chi connectivity index (χ0n) is 16.9. The molecule has 2 fully saturated rings. The van der Waals surface area contributed by atoms with E-state index in [1.807, 2.05) is 18.2 Å². The largest absolute Gasteiger partial charge is 0.496 e. The minimum Gasteiger partial charge on any atom is -0.496 e. The van der Waals surface area contributed by atoms with Gasteiger partial charge in [0.15, 0.2) is 0 Å². The third kappa shape index (κ3) is 3.87. The number of carbonyl (C=O) groups is 1. The molecular formula is C21H25N3O5S. The van der Waals surface area contributed by atoms with Crippen LogP contribution in [0.4, 0.5) is 0 Å². The summed E-state index contributed by atoms with van der Waals surface area (Å²) in [7, 11) is -1.84. The van der Waals surface area contributed by atoms with Crippen LogP contribution in [-0.4, -0.2) is 54.7 Å². The molecule has 9 heteroatoms. The van der Waals surface area contributed by atoms with Crippen molar-refractivity contribution in [3.8, 4) is 11.4 Å². The van der Waals surface area contributed by atoms with Gasteiger partial charge in [0.25, 0.3) is 11.5 Å². The van der Waals surface area contributed by atoms with Crippen molar-refractivity contribution in [2.24, 2.45) is 0 Å². The summed E-state index contributed by atoms with van der Waals surface area (Å²) < 4.78 is 32.4. The van der Waals surface area contributed by atoms with E-state index >= 15 is 0 Å². The van der Waals surface area contributed by atoms with Crippen LogP contribution in [0.3, 0.4) is 0 Å². The van der Waals surface area contributed by atoms with E-state index in [0.717, 1.165) is 12.8 Å². The monoisotopic (exact) mass is 431 g/mol. The number of nitrogens with zero attached hydrogens (tertiary/aromatic N) is 2. The molecule has 1 amide bonds. The molecule has 0 radical (unpaired) electrons. The van der Waals surface area contributed by atoms with Crippen molar-refractivity contribution in [2.45, 2.75) is 43.8 Å². The van der Waals surface area contributed by atoms with E-state index in [2.05, 4.69) is 5.32 Å². The number of fused-ring (bicyclic) bond motifs is 2. The van der Waals surface area contributed by atoms with Gasteiger partial charge in [0.1, 0.15) is 5.75 Å². The van der Waals surface area contributed by atoms with Gasteiger partial charge in [0, 0.05) is 36.1 Å². The highest BCUT2D eigenvalue weighted by Gasteiger charge is 2.45. The lowest BCUT2D eigenvalue weighted by Gasteiger charge is -2.37. The van der Waals surface area contributed by atoms with E-state index in [4.69, 9.17) is 4.74 Å². The molecule has 2 atom stereocenters. The Hall–Kier alpha value is -2.65. The normalized spacial score (nSPS) is 23.9. The number of rotatable bonds is 5. The van der Waals surface area contributed by atoms with Crippen LogP contribution in [0.15, 0.2) is 47.4 Å². The molecule has 4 rings (SSSR count). The Kier molecular flexibility index (Phi) is 5.42. The average Bonchev–Trinajstić information content (AvgIpc) is 3.00. The third-order valence-corrected chi connectivity index (χ3v) is 7.26. The standard InChI is InChI=1S/C21H25N3O5S/c1-29-19-12-20(25)23(15-6-4-3-5-7-15)13-18(19)21(26)22-14-10-16-8-9-17(11-14)24(16)30(2,27)28/h3-7,12-14,16-17H,8-11H2,1-2H3,(H,22,26). The van der Waals surface area contributed by atoms with E-state index in [1.54, 1.807) is 16.4 Å². The first kappa shape index (κ1) is 20.6. The number of pyridine rings is 1. The van der Waals surface area contributed by atoms with Crippen molar-refractivity contribution in [3.05, 3.63) is 58.5 Å². The smallest absolute Gasteiger partial charge is 0.258 e. The maximum absolute atomic E-state index is 13.1. The molecule has 0 saturated carbocycles. The lowest BCUT2D eigenvalue weighted by Crippen LogP contribution is -2.52. The Morgan fingerprint density at radius 3 is 2.33 bits per heavy atom. The maximum Gasteiger partial charge on any atom is 0.258 e. The van der Waals surface area contributed by atoms with Crippen LogP contribution in [-0.2, 0) is 10.0 Å². The Balaban J connectivity index is 1.58. The Bertz CT molecular complexity index is 1100. The van der Waals surface area contributed by atoms with Gasteiger partial charge in [-0.15, -0.1) is 0 Å². The lowest BCUT2D eigenvalue weighted by molar-refractivity contribution is 0.0906. The second-order valence-corrected chi connectivity index (χ2v) is 9.81. The second kappa shape index (κ2) is 7.88. The Morgan fingerprint density at radius 1 is 1.13 bits per heavy atom. The molecule has 2 bridgehead atoms. The SMILES string of the molecule is COc1cc(=O)n(-c2ccccc2)cc1C(=O)NC1CC2CCC(C1)N2S(C)(=O)=O. The Morgan fingerprint density at radius 2 is 1.77 bits per heavy atom. The highest BCUT2D eigenvalue weighted by molar-refractivity contribution is 7.88. The van der Waals surface area contributed by atoms with E-state index < -0.39 is 10.0 Å². The molecule has 3 heterocycles. The van der Waals surface area contributed by atoms with Crippen LogP contribution < -0.4 is 15.6 Å². The summed E-state index contributed by atoms with van der Waals surface area (Å²) in [6, 6.07) is 10.1. The fraction of sp³-hybridized carbons (Fsp3) is 0.429. The first-order valence-corrected chi connectivity index (χ1v) is 11.8. The predicted molar refractivity (Wildman–Crippen MR) is 113 cm³/mol. The minimum atomic E-state index is -3.25. The summed E-state index contributed by atoms with van der Waals surface area (Å²) in [6.07, 6.45) is 5.52. The first-order valence-electron chi connectivity index (χ1n) is 9.93. The zero-order valence-corrected chi connectivity index (χ0v) is 17.8. The number of carbonyl (C=O) groups excluding carboxylic acids is 1. The highest BCUT2D eigenvalue weighted by atomic mass is 32.2. The van der Waals surface area contributed by atoms with E-state index in [-0.39, 0.29) is 40.9 Å². The van der Waals surface area contributed by atoms with Gasteiger partial charge in [0.05, 0.1) is 18.9 Å². The number of hydrogen-bond donors (Lipinski definition) is 1. The molecule has 160 valence electrons. The number of aromatic nitrogens is 1. The molecule has 8 nitrogen and oxygen atoms in total.